The highest BCUT2D eigenvalue weighted by Crippen LogP contribution is 2.43. The topological polar surface area (TPSA) is 33.1 Å². The molecule has 114 valence electrons. The Kier molecular flexibility index (Phi) is 5.22. The number of aromatic nitrogens is 2. The fourth-order valence-corrected chi connectivity index (χ4v) is 4.11. The largest absolute Gasteiger partial charge is 0.334 e. The molecule has 4 heteroatoms. The van der Waals surface area contributed by atoms with Gasteiger partial charge in [0.2, 0.25) is 0 Å². The van der Waals surface area contributed by atoms with Crippen molar-refractivity contribution in [3.05, 3.63) is 18.2 Å². The van der Waals surface area contributed by atoms with Crippen molar-refractivity contribution in [1.82, 2.24) is 19.8 Å². The SMILES string of the molecule is CCN(CC)C1(C(NC)c2nccn2CC)CCCC1. The van der Waals surface area contributed by atoms with Crippen molar-refractivity contribution in [3.63, 3.8) is 0 Å². The van der Waals surface area contributed by atoms with Crippen LogP contribution in [0.25, 0.3) is 0 Å². The number of imidazole rings is 1. The number of nitrogens with one attached hydrogen (secondary N) is 1. The monoisotopic (exact) mass is 278 g/mol. The third-order valence-electron chi connectivity index (χ3n) is 5.04. The molecule has 0 spiro atoms. The molecular formula is C16H30N4. The second-order valence-electron chi connectivity index (χ2n) is 5.78. The molecule has 1 aromatic heterocycles. The lowest BCUT2D eigenvalue weighted by atomic mass is 9.85. The maximum atomic E-state index is 4.67. The highest BCUT2D eigenvalue weighted by molar-refractivity contribution is 5.13. The molecule has 0 amide bonds. The molecule has 1 unspecified atom stereocenters. The third kappa shape index (κ3) is 2.51. The van der Waals surface area contributed by atoms with Crippen molar-refractivity contribution in [2.75, 3.05) is 20.1 Å². The fourth-order valence-electron chi connectivity index (χ4n) is 4.11. The van der Waals surface area contributed by atoms with Gasteiger partial charge in [0.1, 0.15) is 5.82 Å². The minimum absolute atomic E-state index is 0.233. The third-order valence-corrected chi connectivity index (χ3v) is 5.04. The van der Waals surface area contributed by atoms with Gasteiger partial charge in [-0.15, -0.1) is 0 Å². The number of hydrogen-bond acceptors (Lipinski definition) is 3. The fraction of sp³-hybridized carbons (Fsp3) is 0.812. The molecule has 1 atom stereocenters. The van der Waals surface area contributed by atoms with Crippen LogP contribution in [0.4, 0.5) is 0 Å². The molecule has 20 heavy (non-hydrogen) atoms. The number of rotatable bonds is 7. The Morgan fingerprint density at radius 2 is 1.95 bits per heavy atom. The van der Waals surface area contributed by atoms with Crippen LogP contribution in [0.3, 0.4) is 0 Å². The Morgan fingerprint density at radius 3 is 2.45 bits per heavy atom. The smallest absolute Gasteiger partial charge is 0.127 e. The number of hydrogen-bond donors (Lipinski definition) is 1. The number of aryl methyl sites for hydroxylation is 1. The second kappa shape index (κ2) is 6.72. The first kappa shape index (κ1) is 15.5. The minimum Gasteiger partial charge on any atom is -0.334 e. The summed E-state index contributed by atoms with van der Waals surface area (Å²) in [5, 5.41) is 3.59. The molecule has 1 aliphatic carbocycles. The molecular weight excluding hydrogens is 248 g/mol. The van der Waals surface area contributed by atoms with Crippen LogP contribution in [0.5, 0.6) is 0 Å². The second-order valence-corrected chi connectivity index (χ2v) is 5.78. The van der Waals surface area contributed by atoms with Crippen LogP contribution in [-0.2, 0) is 6.54 Å². The Labute approximate surface area is 123 Å². The summed E-state index contributed by atoms with van der Waals surface area (Å²) in [4.78, 5) is 7.32. The highest BCUT2D eigenvalue weighted by atomic mass is 15.2. The summed E-state index contributed by atoms with van der Waals surface area (Å²) < 4.78 is 2.28. The van der Waals surface area contributed by atoms with Crippen LogP contribution in [-0.4, -0.2) is 40.1 Å². The Bertz CT molecular complexity index is 402. The molecule has 0 aromatic carbocycles. The van der Waals surface area contributed by atoms with Gasteiger partial charge in [-0.05, 0) is 39.9 Å². The maximum absolute atomic E-state index is 4.67. The first-order valence-electron chi connectivity index (χ1n) is 8.16. The van der Waals surface area contributed by atoms with Gasteiger partial charge >= 0.3 is 0 Å². The molecule has 0 radical (unpaired) electrons. The van der Waals surface area contributed by atoms with E-state index in [9.17, 15) is 0 Å². The number of likely N-dealkylation sites (N-methyl/N-ethyl adjacent to an activating group) is 2. The molecule has 1 aromatic rings. The zero-order valence-electron chi connectivity index (χ0n) is 13.5. The van der Waals surface area contributed by atoms with Gasteiger partial charge in [-0.1, -0.05) is 26.7 Å². The van der Waals surface area contributed by atoms with Crippen LogP contribution in [0.2, 0.25) is 0 Å². The highest BCUT2D eigenvalue weighted by Gasteiger charge is 2.46. The van der Waals surface area contributed by atoms with E-state index in [2.05, 4.69) is 53.8 Å². The molecule has 0 bridgehead atoms. The van der Waals surface area contributed by atoms with Gasteiger partial charge in [-0.2, -0.15) is 0 Å². The van der Waals surface area contributed by atoms with E-state index in [0.29, 0.717) is 6.04 Å². The van der Waals surface area contributed by atoms with Gasteiger partial charge in [0.25, 0.3) is 0 Å². The summed E-state index contributed by atoms with van der Waals surface area (Å²) in [6.07, 6.45) is 9.26. The van der Waals surface area contributed by atoms with E-state index < -0.39 is 0 Å². The van der Waals surface area contributed by atoms with E-state index in [4.69, 9.17) is 0 Å². The maximum Gasteiger partial charge on any atom is 0.127 e. The zero-order valence-corrected chi connectivity index (χ0v) is 13.5. The van der Waals surface area contributed by atoms with Crippen molar-refractivity contribution < 1.29 is 0 Å². The van der Waals surface area contributed by atoms with E-state index in [-0.39, 0.29) is 5.54 Å². The molecule has 1 saturated carbocycles. The average Bonchev–Trinajstić information content (AvgIpc) is 3.11. The average molecular weight is 278 g/mol. The molecule has 1 aliphatic rings. The van der Waals surface area contributed by atoms with Crippen molar-refractivity contribution in [2.45, 2.75) is 64.6 Å². The molecule has 1 N–H and O–H groups in total. The van der Waals surface area contributed by atoms with Crippen molar-refractivity contribution in [1.29, 1.82) is 0 Å². The van der Waals surface area contributed by atoms with Crippen LogP contribution in [0.1, 0.15) is 58.3 Å². The summed E-state index contributed by atoms with van der Waals surface area (Å²) >= 11 is 0. The summed E-state index contributed by atoms with van der Waals surface area (Å²) in [7, 11) is 2.09. The van der Waals surface area contributed by atoms with E-state index in [1.54, 1.807) is 0 Å². The predicted octanol–water partition coefficient (Wildman–Crippen LogP) is 2.82. The molecule has 2 rings (SSSR count). The van der Waals surface area contributed by atoms with Gasteiger partial charge in [-0.25, -0.2) is 4.98 Å². The summed E-state index contributed by atoms with van der Waals surface area (Å²) in [6.45, 7) is 9.96. The number of nitrogens with zero attached hydrogens (tertiary/aromatic N) is 3. The summed E-state index contributed by atoms with van der Waals surface area (Å²) in [5.41, 5.74) is 0.233. The van der Waals surface area contributed by atoms with E-state index in [0.717, 1.165) is 19.6 Å². The lowest BCUT2D eigenvalue weighted by Gasteiger charge is -2.45. The molecule has 4 nitrogen and oxygen atoms in total. The Hall–Kier alpha value is -0.870. The quantitative estimate of drug-likeness (QED) is 0.832. The molecule has 1 fully saturated rings. The van der Waals surface area contributed by atoms with Crippen LogP contribution < -0.4 is 5.32 Å². The van der Waals surface area contributed by atoms with Gasteiger partial charge in [0.05, 0.1) is 6.04 Å². The standard InChI is InChI=1S/C16H30N4/c1-5-19-13-12-18-15(19)14(17-4)16(10-8-9-11-16)20(6-2)7-3/h12-14,17H,5-11H2,1-4H3. The predicted molar refractivity (Wildman–Crippen MR) is 83.8 cm³/mol. The lowest BCUT2D eigenvalue weighted by Crippen LogP contribution is -2.55. The molecule has 1 heterocycles. The Morgan fingerprint density at radius 1 is 1.30 bits per heavy atom. The van der Waals surface area contributed by atoms with E-state index >= 15 is 0 Å². The van der Waals surface area contributed by atoms with Gasteiger partial charge in [0, 0.05) is 24.5 Å². The van der Waals surface area contributed by atoms with Gasteiger partial charge < -0.3 is 9.88 Å². The lowest BCUT2D eigenvalue weighted by molar-refractivity contribution is 0.0611. The van der Waals surface area contributed by atoms with Crippen LogP contribution in [0.15, 0.2) is 12.4 Å². The van der Waals surface area contributed by atoms with E-state index in [1.165, 1.54) is 31.5 Å². The van der Waals surface area contributed by atoms with Gasteiger partial charge in [0.15, 0.2) is 0 Å². The first-order valence-corrected chi connectivity index (χ1v) is 8.16. The first-order chi connectivity index (χ1) is 9.73. The molecule has 0 saturated heterocycles. The van der Waals surface area contributed by atoms with Crippen molar-refractivity contribution in [2.24, 2.45) is 0 Å². The van der Waals surface area contributed by atoms with Crippen LogP contribution in [0, 0.1) is 0 Å². The van der Waals surface area contributed by atoms with Crippen molar-refractivity contribution in [3.8, 4) is 0 Å². The van der Waals surface area contributed by atoms with Gasteiger partial charge in [-0.3, -0.25) is 4.90 Å². The Balaban J connectivity index is 2.40. The zero-order chi connectivity index (χ0) is 14.6. The van der Waals surface area contributed by atoms with Crippen molar-refractivity contribution >= 4 is 0 Å². The van der Waals surface area contributed by atoms with Crippen LogP contribution >= 0.6 is 0 Å². The molecule has 0 aliphatic heterocycles. The normalized spacial score (nSPS) is 19.6. The van der Waals surface area contributed by atoms with E-state index in [1.807, 2.05) is 6.20 Å². The minimum atomic E-state index is 0.233. The summed E-state index contributed by atoms with van der Waals surface area (Å²) in [6, 6.07) is 0.319. The summed E-state index contributed by atoms with van der Waals surface area (Å²) in [5.74, 6) is 1.20.